The van der Waals surface area contributed by atoms with Gasteiger partial charge in [0.2, 0.25) is 0 Å². The number of hydrogen-bond acceptors (Lipinski definition) is 3. The fourth-order valence-corrected chi connectivity index (χ4v) is 1.95. The molecule has 4 heteroatoms. The maximum absolute atomic E-state index is 11.3. The molecule has 0 heterocycles. The molecular formula is C14H19ClO3. The van der Waals surface area contributed by atoms with Crippen LogP contribution in [0.1, 0.15) is 38.7 Å². The minimum atomic E-state index is -1.00. The summed E-state index contributed by atoms with van der Waals surface area (Å²) in [5.74, 6) is -0.279. The van der Waals surface area contributed by atoms with E-state index in [1.54, 1.807) is 31.2 Å². The summed E-state index contributed by atoms with van der Waals surface area (Å²) in [5, 5.41) is 11.2. The molecule has 3 nitrogen and oxygen atoms in total. The number of rotatable bonds is 6. The van der Waals surface area contributed by atoms with Crippen LogP contribution in [-0.2, 0) is 15.1 Å². The Bertz CT molecular complexity index is 389. The first-order chi connectivity index (χ1) is 8.51. The first-order valence-corrected chi connectivity index (χ1v) is 6.53. The summed E-state index contributed by atoms with van der Waals surface area (Å²) >= 11 is 5.82. The molecule has 0 bridgehead atoms. The van der Waals surface area contributed by atoms with Crippen LogP contribution < -0.4 is 0 Å². The van der Waals surface area contributed by atoms with Gasteiger partial charge in [0.1, 0.15) is 0 Å². The van der Waals surface area contributed by atoms with E-state index in [9.17, 15) is 9.90 Å². The van der Waals surface area contributed by atoms with Crippen molar-refractivity contribution in [3.63, 3.8) is 0 Å². The zero-order chi connectivity index (χ0) is 13.6. The van der Waals surface area contributed by atoms with Gasteiger partial charge in [0, 0.05) is 11.4 Å². The van der Waals surface area contributed by atoms with Crippen LogP contribution in [0.2, 0.25) is 5.02 Å². The summed E-state index contributed by atoms with van der Waals surface area (Å²) in [6.45, 7) is 4.02. The number of benzene rings is 1. The van der Waals surface area contributed by atoms with Crippen LogP contribution in [0.4, 0.5) is 0 Å². The zero-order valence-corrected chi connectivity index (χ0v) is 11.5. The van der Waals surface area contributed by atoms with Crippen LogP contribution in [0.15, 0.2) is 24.3 Å². The van der Waals surface area contributed by atoms with Gasteiger partial charge in [-0.1, -0.05) is 30.7 Å². The molecule has 1 N–H and O–H groups in total. The third-order valence-corrected chi connectivity index (χ3v) is 3.27. The molecule has 1 unspecified atom stereocenters. The second-order valence-corrected chi connectivity index (χ2v) is 4.63. The molecule has 0 saturated carbocycles. The van der Waals surface area contributed by atoms with Crippen molar-refractivity contribution in [1.82, 2.24) is 0 Å². The molecule has 18 heavy (non-hydrogen) atoms. The third-order valence-electron chi connectivity index (χ3n) is 3.01. The van der Waals surface area contributed by atoms with Gasteiger partial charge >= 0.3 is 5.97 Å². The summed E-state index contributed by atoms with van der Waals surface area (Å²) in [5.41, 5.74) is -0.226. The third kappa shape index (κ3) is 4.00. The van der Waals surface area contributed by atoms with Gasteiger partial charge in [-0.2, -0.15) is 0 Å². The average Bonchev–Trinajstić information content (AvgIpc) is 2.37. The first-order valence-electron chi connectivity index (χ1n) is 6.16. The second kappa shape index (κ2) is 6.76. The minimum absolute atomic E-state index is 0.209. The normalized spacial score (nSPS) is 14.0. The minimum Gasteiger partial charge on any atom is -0.466 e. The Balaban J connectivity index is 2.73. The van der Waals surface area contributed by atoms with Crippen LogP contribution >= 0.6 is 11.6 Å². The largest absolute Gasteiger partial charge is 0.466 e. The van der Waals surface area contributed by atoms with Crippen molar-refractivity contribution < 1.29 is 14.6 Å². The molecule has 0 aliphatic heterocycles. The number of esters is 1. The topological polar surface area (TPSA) is 46.5 Å². The molecule has 1 rings (SSSR count). The van der Waals surface area contributed by atoms with Gasteiger partial charge in [0.25, 0.3) is 0 Å². The number of carbonyl (C=O) groups is 1. The van der Waals surface area contributed by atoms with Crippen LogP contribution in [-0.4, -0.2) is 17.7 Å². The van der Waals surface area contributed by atoms with E-state index in [2.05, 4.69) is 0 Å². The highest BCUT2D eigenvalue weighted by molar-refractivity contribution is 6.30. The van der Waals surface area contributed by atoms with Crippen molar-refractivity contribution >= 4 is 17.6 Å². The van der Waals surface area contributed by atoms with Gasteiger partial charge in [-0.05, 0) is 37.5 Å². The number of halogens is 1. The molecular weight excluding hydrogens is 252 g/mol. The van der Waals surface area contributed by atoms with Gasteiger partial charge in [-0.3, -0.25) is 4.79 Å². The monoisotopic (exact) mass is 270 g/mol. The Labute approximate surface area is 113 Å². The van der Waals surface area contributed by atoms with Gasteiger partial charge < -0.3 is 9.84 Å². The lowest BCUT2D eigenvalue weighted by atomic mass is 9.87. The van der Waals surface area contributed by atoms with E-state index < -0.39 is 5.60 Å². The summed E-state index contributed by atoms with van der Waals surface area (Å²) in [6, 6.07) is 7.05. The summed E-state index contributed by atoms with van der Waals surface area (Å²) in [7, 11) is 0. The van der Waals surface area contributed by atoms with E-state index in [1.165, 1.54) is 0 Å². The predicted molar refractivity (Wildman–Crippen MR) is 71.5 cm³/mol. The van der Waals surface area contributed by atoms with Crippen molar-refractivity contribution in [2.45, 2.75) is 38.7 Å². The van der Waals surface area contributed by atoms with Crippen LogP contribution in [0.3, 0.4) is 0 Å². The van der Waals surface area contributed by atoms with Crippen molar-refractivity contribution in [2.24, 2.45) is 0 Å². The maximum Gasteiger partial charge on any atom is 0.305 e. The maximum atomic E-state index is 11.3. The molecule has 0 radical (unpaired) electrons. The molecule has 0 amide bonds. The lowest BCUT2D eigenvalue weighted by Gasteiger charge is -2.27. The first kappa shape index (κ1) is 15.0. The van der Waals surface area contributed by atoms with Crippen LogP contribution in [0.5, 0.6) is 0 Å². The van der Waals surface area contributed by atoms with Crippen molar-refractivity contribution in [3.05, 3.63) is 34.9 Å². The van der Waals surface area contributed by atoms with Crippen molar-refractivity contribution in [3.8, 4) is 0 Å². The zero-order valence-electron chi connectivity index (χ0n) is 10.8. The highest BCUT2D eigenvalue weighted by Gasteiger charge is 2.27. The Hall–Kier alpha value is -1.06. The van der Waals surface area contributed by atoms with Gasteiger partial charge in [0.05, 0.1) is 12.2 Å². The van der Waals surface area contributed by atoms with E-state index in [-0.39, 0.29) is 12.4 Å². The van der Waals surface area contributed by atoms with E-state index >= 15 is 0 Å². The number of aliphatic hydroxyl groups is 1. The SMILES string of the molecule is CCOC(=O)CCC(O)(CC)c1ccc(Cl)cc1. The van der Waals surface area contributed by atoms with Gasteiger partial charge in [0.15, 0.2) is 0 Å². The smallest absolute Gasteiger partial charge is 0.305 e. The number of hydrogen-bond donors (Lipinski definition) is 1. The molecule has 0 aliphatic rings. The summed E-state index contributed by atoms with van der Waals surface area (Å²) in [4.78, 5) is 11.3. The van der Waals surface area contributed by atoms with Gasteiger partial charge in [-0.25, -0.2) is 0 Å². The lowest BCUT2D eigenvalue weighted by molar-refractivity contribution is -0.144. The Kier molecular flexibility index (Phi) is 5.63. The standard InChI is InChI=1S/C14H19ClO3/c1-3-14(17,10-9-13(16)18-4-2)11-5-7-12(15)8-6-11/h5-8,17H,3-4,9-10H2,1-2H3. The molecule has 0 aromatic heterocycles. The Morgan fingerprint density at radius 2 is 1.94 bits per heavy atom. The average molecular weight is 271 g/mol. The summed E-state index contributed by atoms with van der Waals surface area (Å²) < 4.78 is 4.87. The fraction of sp³-hybridized carbons (Fsp3) is 0.500. The predicted octanol–water partition coefficient (Wildman–Crippen LogP) is 3.28. The quantitative estimate of drug-likeness (QED) is 0.807. The molecule has 1 atom stereocenters. The van der Waals surface area contributed by atoms with Crippen LogP contribution in [0.25, 0.3) is 0 Å². The molecule has 1 aromatic rings. The number of ether oxygens (including phenoxy) is 1. The Morgan fingerprint density at radius 1 is 1.33 bits per heavy atom. The molecule has 1 aromatic carbocycles. The van der Waals surface area contributed by atoms with E-state index in [0.29, 0.717) is 24.5 Å². The van der Waals surface area contributed by atoms with E-state index in [0.717, 1.165) is 5.56 Å². The van der Waals surface area contributed by atoms with Crippen molar-refractivity contribution in [1.29, 1.82) is 0 Å². The molecule has 100 valence electrons. The van der Waals surface area contributed by atoms with E-state index in [4.69, 9.17) is 16.3 Å². The number of carbonyl (C=O) groups excluding carboxylic acids is 1. The van der Waals surface area contributed by atoms with Gasteiger partial charge in [-0.15, -0.1) is 0 Å². The highest BCUT2D eigenvalue weighted by atomic mass is 35.5. The van der Waals surface area contributed by atoms with Crippen LogP contribution in [0, 0.1) is 0 Å². The second-order valence-electron chi connectivity index (χ2n) is 4.20. The van der Waals surface area contributed by atoms with E-state index in [1.807, 2.05) is 6.92 Å². The Morgan fingerprint density at radius 3 is 2.44 bits per heavy atom. The molecule has 0 spiro atoms. The van der Waals surface area contributed by atoms with Crippen molar-refractivity contribution in [2.75, 3.05) is 6.61 Å². The molecule has 0 saturated heterocycles. The molecule has 0 fully saturated rings. The summed E-state index contributed by atoms with van der Waals surface area (Å²) in [6.07, 6.45) is 1.10. The lowest BCUT2D eigenvalue weighted by Crippen LogP contribution is -2.26. The fourth-order valence-electron chi connectivity index (χ4n) is 1.83. The molecule has 0 aliphatic carbocycles. The highest BCUT2D eigenvalue weighted by Crippen LogP contribution is 2.30.